The Morgan fingerprint density at radius 3 is 2.59 bits per heavy atom. The predicted octanol–water partition coefficient (Wildman–Crippen LogP) is 1.53. The normalized spacial score (nSPS) is 12.2. The molecule has 0 spiro atoms. The van der Waals surface area contributed by atoms with Crippen molar-refractivity contribution in [1.82, 2.24) is 4.90 Å². The van der Waals surface area contributed by atoms with E-state index in [1.807, 2.05) is 12.1 Å². The Morgan fingerprint density at radius 1 is 1.47 bits per heavy atom. The SMILES string of the molecule is COCC(O)CN(C)C(=O)c1ccc(Br)cc1. The van der Waals surface area contributed by atoms with Gasteiger partial charge in [-0.1, -0.05) is 15.9 Å². The van der Waals surface area contributed by atoms with E-state index in [1.165, 1.54) is 12.0 Å². The van der Waals surface area contributed by atoms with Gasteiger partial charge >= 0.3 is 0 Å². The van der Waals surface area contributed by atoms with E-state index in [-0.39, 0.29) is 19.1 Å². The van der Waals surface area contributed by atoms with Crippen LogP contribution in [0.2, 0.25) is 0 Å². The van der Waals surface area contributed by atoms with Crippen LogP contribution in [0.5, 0.6) is 0 Å². The number of likely N-dealkylation sites (N-methyl/N-ethyl adjacent to an activating group) is 1. The molecule has 0 radical (unpaired) electrons. The third-order valence-electron chi connectivity index (χ3n) is 2.28. The molecule has 0 bridgehead atoms. The van der Waals surface area contributed by atoms with Gasteiger partial charge in [-0.3, -0.25) is 4.79 Å². The van der Waals surface area contributed by atoms with Gasteiger partial charge in [-0.25, -0.2) is 0 Å². The van der Waals surface area contributed by atoms with Crippen molar-refractivity contribution in [2.75, 3.05) is 27.3 Å². The third-order valence-corrected chi connectivity index (χ3v) is 2.81. The van der Waals surface area contributed by atoms with E-state index in [0.29, 0.717) is 5.56 Å². The summed E-state index contributed by atoms with van der Waals surface area (Å²) in [7, 11) is 3.17. The molecule has 0 saturated carbocycles. The molecule has 1 unspecified atom stereocenters. The molecular weight excluding hydrogens is 286 g/mol. The first-order chi connectivity index (χ1) is 8.04. The van der Waals surface area contributed by atoms with Gasteiger partial charge in [0.05, 0.1) is 12.7 Å². The number of carbonyl (C=O) groups is 1. The second-order valence-electron chi connectivity index (χ2n) is 3.80. The van der Waals surface area contributed by atoms with Gasteiger partial charge in [0.1, 0.15) is 0 Å². The maximum atomic E-state index is 12.0. The van der Waals surface area contributed by atoms with Crippen LogP contribution in [0.3, 0.4) is 0 Å². The van der Waals surface area contributed by atoms with Gasteiger partial charge in [0.15, 0.2) is 0 Å². The topological polar surface area (TPSA) is 49.8 Å². The fourth-order valence-corrected chi connectivity index (χ4v) is 1.72. The minimum Gasteiger partial charge on any atom is -0.389 e. The summed E-state index contributed by atoms with van der Waals surface area (Å²) in [5.74, 6) is -0.118. The zero-order valence-electron chi connectivity index (χ0n) is 9.89. The molecule has 0 aromatic heterocycles. The van der Waals surface area contributed by atoms with Crippen molar-refractivity contribution in [2.24, 2.45) is 0 Å². The van der Waals surface area contributed by atoms with Crippen molar-refractivity contribution in [3.8, 4) is 0 Å². The molecule has 0 aliphatic heterocycles. The van der Waals surface area contributed by atoms with Crippen molar-refractivity contribution in [1.29, 1.82) is 0 Å². The van der Waals surface area contributed by atoms with Crippen molar-refractivity contribution < 1.29 is 14.6 Å². The van der Waals surface area contributed by atoms with Crippen molar-refractivity contribution in [2.45, 2.75) is 6.10 Å². The summed E-state index contributed by atoms with van der Waals surface area (Å²) >= 11 is 3.31. The largest absolute Gasteiger partial charge is 0.389 e. The number of amides is 1. The summed E-state index contributed by atoms with van der Waals surface area (Å²) in [4.78, 5) is 13.4. The molecule has 1 aromatic rings. The third kappa shape index (κ3) is 4.46. The molecule has 0 heterocycles. The highest BCUT2D eigenvalue weighted by Crippen LogP contribution is 2.12. The molecule has 0 saturated heterocycles. The van der Waals surface area contributed by atoms with Crippen LogP contribution in [-0.2, 0) is 4.74 Å². The van der Waals surface area contributed by atoms with Gasteiger partial charge in [-0.15, -0.1) is 0 Å². The highest BCUT2D eigenvalue weighted by molar-refractivity contribution is 9.10. The summed E-state index contributed by atoms with van der Waals surface area (Å²) in [6.45, 7) is 0.473. The average molecular weight is 302 g/mol. The lowest BCUT2D eigenvalue weighted by molar-refractivity contribution is 0.0380. The van der Waals surface area contributed by atoms with Crippen LogP contribution in [0.4, 0.5) is 0 Å². The smallest absolute Gasteiger partial charge is 0.253 e. The van der Waals surface area contributed by atoms with E-state index in [4.69, 9.17) is 4.74 Å². The zero-order chi connectivity index (χ0) is 12.8. The van der Waals surface area contributed by atoms with E-state index < -0.39 is 6.10 Å². The lowest BCUT2D eigenvalue weighted by Crippen LogP contribution is -2.36. The number of benzene rings is 1. The zero-order valence-corrected chi connectivity index (χ0v) is 11.5. The van der Waals surface area contributed by atoms with Crippen LogP contribution >= 0.6 is 15.9 Å². The van der Waals surface area contributed by atoms with E-state index in [9.17, 15) is 9.90 Å². The Kier molecular flexibility index (Phi) is 5.61. The Bertz CT molecular complexity index is 367. The summed E-state index contributed by atoms with van der Waals surface area (Å²) < 4.78 is 5.74. The van der Waals surface area contributed by atoms with E-state index >= 15 is 0 Å². The second kappa shape index (κ2) is 6.74. The Hall–Kier alpha value is -0.910. The fourth-order valence-electron chi connectivity index (χ4n) is 1.46. The molecule has 94 valence electrons. The van der Waals surface area contributed by atoms with Crippen LogP contribution < -0.4 is 0 Å². The molecule has 0 aliphatic rings. The Balaban J connectivity index is 2.60. The summed E-state index contributed by atoms with van der Waals surface area (Å²) in [6.07, 6.45) is -0.663. The van der Waals surface area contributed by atoms with Gasteiger partial charge in [0.2, 0.25) is 0 Å². The van der Waals surface area contributed by atoms with E-state index in [1.54, 1.807) is 19.2 Å². The number of methoxy groups -OCH3 is 1. The first kappa shape index (κ1) is 14.2. The standard InChI is InChI=1S/C12H16BrNO3/c1-14(7-11(15)8-17-2)12(16)9-3-5-10(13)6-4-9/h3-6,11,15H,7-8H2,1-2H3. The second-order valence-corrected chi connectivity index (χ2v) is 4.72. The predicted molar refractivity (Wildman–Crippen MR) is 69.0 cm³/mol. The molecule has 5 heteroatoms. The number of aliphatic hydroxyl groups excluding tert-OH is 1. The minimum atomic E-state index is -0.663. The van der Waals surface area contributed by atoms with Crippen molar-refractivity contribution in [3.63, 3.8) is 0 Å². The van der Waals surface area contributed by atoms with Gasteiger partial charge < -0.3 is 14.7 Å². The van der Waals surface area contributed by atoms with Crippen LogP contribution in [0.1, 0.15) is 10.4 Å². The maximum absolute atomic E-state index is 12.0. The van der Waals surface area contributed by atoms with E-state index in [0.717, 1.165) is 4.47 Å². The summed E-state index contributed by atoms with van der Waals surface area (Å²) in [5.41, 5.74) is 0.598. The van der Waals surface area contributed by atoms with Crippen LogP contribution in [0.25, 0.3) is 0 Å². The van der Waals surface area contributed by atoms with Gasteiger partial charge in [-0.05, 0) is 24.3 Å². The van der Waals surface area contributed by atoms with Gasteiger partial charge in [0, 0.05) is 30.7 Å². The molecular formula is C12H16BrNO3. The monoisotopic (exact) mass is 301 g/mol. The highest BCUT2D eigenvalue weighted by Gasteiger charge is 2.15. The first-order valence-electron chi connectivity index (χ1n) is 5.22. The molecule has 17 heavy (non-hydrogen) atoms. The lowest BCUT2D eigenvalue weighted by Gasteiger charge is -2.20. The number of hydrogen-bond acceptors (Lipinski definition) is 3. The Morgan fingerprint density at radius 2 is 2.06 bits per heavy atom. The fraction of sp³-hybridized carbons (Fsp3) is 0.417. The first-order valence-corrected chi connectivity index (χ1v) is 6.02. The molecule has 4 nitrogen and oxygen atoms in total. The van der Waals surface area contributed by atoms with Gasteiger partial charge in [-0.2, -0.15) is 0 Å². The van der Waals surface area contributed by atoms with Gasteiger partial charge in [0.25, 0.3) is 5.91 Å². The lowest BCUT2D eigenvalue weighted by atomic mass is 10.2. The number of rotatable bonds is 5. The number of hydrogen-bond donors (Lipinski definition) is 1. The molecule has 1 aromatic carbocycles. The molecule has 1 amide bonds. The number of halogens is 1. The quantitative estimate of drug-likeness (QED) is 0.897. The Labute approximate surface area is 109 Å². The maximum Gasteiger partial charge on any atom is 0.253 e. The number of nitrogens with zero attached hydrogens (tertiary/aromatic N) is 1. The van der Waals surface area contributed by atoms with Crippen LogP contribution in [0.15, 0.2) is 28.7 Å². The van der Waals surface area contributed by atoms with Crippen LogP contribution in [-0.4, -0.2) is 49.3 Å². The molecule has 1 N–H and O–H groups in total. The number of carbonyl (C=O) groups excluding carboxylic acids is 1. The van der Waals surface area contributed by atoms with Crippen LogP contribution in [0, 0.1) is 0 Å². The highest BCUT2D eigenvalue weighted by atomic mass is 79.9. The van der Waals surface area contributed by atoms with Crippen molar-refractivity contribution in [3.05, 3.63) is 34.3 Å². The number of aliphatic hydroxyl groups is 1. The van der Waals surface area contributed by atoms with Crippen molar-refractivity contribution >= 4 is 21.8 Å². The molecule has 0 aliphatic carbocycles. The molecule has 0 fully saturated rings. The molecule has 1 atom stereocenters. The minimum absolute atomic E-state index is 0.118. The molecule has 1 rings (SSSR count). The summed E-state index contributed by atoms with van der Waals surface area (Å²) in [5, 5.41) is 9.53. The summed E-state index contributed by atoms with van der Waals surface area (Å²) in [6, 6.07) is 7.11. The average Bonchev–Trinajstić information content (AvgIpc) is 2.29. The van der Waals surface area contributed by atoms with E-state index in [2.05, 4.69) is 15.9 Å². The number of ether oxygens (including phenoxy) is 1.